The number of anilines is 1. The lowest BCUT2D eigenvalue weighted by molar-refractivity contribution is 0.0972. The number of fused-ring (bicyclic) bond motifs is 1. The van der Waals surface area contributed by atoms with Crippen molar-refractivity contribution in [2.45, 2.75) is 37.5 Å². The highest BCUT2D eigenvalue weighted by atomic mass is 16.5. The maximum atomic E-state index is 13.8. The number of ether oxygens (including phenoxy) is 1. The van der Waals surface area contributed by atoms with Crippen molar-refractivity contribution in [1.82, 2.24) is 14.7 Å². The van der Waals surface area contributed by atoms with Crippen LogP contribution in [-0.2, 0) is 11.8 Å². The number of amides is 2. The predicted molar refractivity (Wildman–Crippen MR) is 145 cm³/mol. The van der Waals surface area contributed by atoms with Crippen LogP contribution < -0.4 is 15.4 Å². The number of carbonyl (C=O) groups excluding carboxylic acids is 2. The molecule has 3 N–H and O–H groups in total. The summed E-state index contributed by atoms with van der Waals surface area (Å²) < 4.78 is 6.77. The van der Waals surface area contributed by atoms with Gasteiger partial charge in [-0.15, -0.1) is 0 Å². The van der Waals surface area contributed by atoms with Gasteiger partial charge in [-0.2, -0.15) is 5.10 Å². The lowest BCUT2D eigenvalue weighted by atomic mass is 9.78. The molecule has 2 amide bonds. The zero-order valence-corrected chi connectivity index (χ0v) is 22.0. The second-order valence-corrected chi connectivity index (χ2v) is 10.4. The van der Waals surface area contributed by atoms with Crippen molar-refractivity contribution in [3.05, 3.63) is 71.0 Å². The third kappa shape index (κ3) is 4.68. The second-order valence-electron chi connectivity index (χ2n) is 10.4. The van der Waals surface area contributed by atoms with Crippen LogP contribution in [-0.4, -0.2) is 72.0 Å². The fraction of sp³-hybridized carbons (Fsp3) is 0.414. The second kappa shape index (κ2) is 10.6. The molecule has 0 unspecified atom stereocenters. The number of aliphatic hydroxyl groups is 1. The van der Waals surface area contributed by atoms with E-state index in [1.807, 2.05) is 12.1 Å². The number of aliphatic hydroxyl groups excluding tert-OH is 1. The van der Waals surface area contributed by atoms with Gasteiger partial charge in [0.15, 0.2) is 5.69 Å². The summed E-state index contributed by atoms with van der Waals surface area (Å²) in [5, 5.41) is 13.8. The number of nitrogens with two attached hydrogens (primary N) is 1. The Labute approximate surface area is 222 Å². The molecule has 5 rings (SSSR count). The first-order valence-electron chi connectivity index (χ1n) is 13.1. The normalized spacial score (nSPS) is 16.6. The molecule has 2 heterocycles. The lowest BCUT2D eigenvalue weighted by Gasteiger charge is -2.35. The topological polar surface area (TPSA) is 114 Å². The molecule has 1 fully saturated rings. The number of carbonyl (C=O) groups is 2. The number of hydrogen-bond donors (Lipinski definition) is 2. The minimum atomic E-state index is -0.646. The molecular weight excluding hydrogens is 482 g/mol. The van der Waals surface area contributed by atoms with Gasteiger partial charge < -0.3 is 25.4 Å². The zero-order chi connectivity index (χ0) is 26.9. The predicted octanol–water partition coefficient (Wildman–Crippen LogP) is 2.92. The van der Waals surface area contributed by atoms with Gasteiger partial charge in [-0.3, -0.25) is 9.59 Å². The highest BCUT2D eigenvalue weighted by molar-refractivity contribution is 6.09. The number of likely N-dealkylation sites (N-methyl/N-ethyl adjacent to an activating group) is 1. The van der Waals surface area contributed by atoms with E-state index < -0.39 is 5.91 Å². The van der Waals surface area contributed by atoms with Crippen LogP contribution in [0.1, 0.15) is 57.8 Å². The molecule has 0 radical (unpaired) electrons. The van der Waals surface area contributed by atoms with E-state index in [1.165, 1.54) is 23.1 Å². The Bertz CT molecular complexity index is 1310. The van der Waals surface area contributed by atoms with Gasteiger partial charge in [0.1, 0.15) is 11.4 Å². The molecule has 3 aromatic rings. The Hall–Kier alpha value is -3.69. The summed E-state index contributed by atoms with van der Waals surface area (Å²) in [5.74, 6) is -0.180. The van der Waals surface area contributed by atoms with Crippen LogP contribution in [0.25, 0.3) is 5.69 Å². The summed E-state index contributed by atoms with van der Waals surface area (Å²) in [6, 6.07) is 15.5. The lowest BCUT2D eigenvalue weighted by Crippen LogP contribution is -2.40. The number of nitrogens with zero attached hydrogens (tertiary/aromatic N) is 4. The Morgan fingerprint density at radius 3 is 2.37 bits per heavy atom. The molecule has 1 aromatic heterocycles. The average Bonchev–Trinajstić information content (AvgIpc) is 3.55. The largest absolute Gasteiger partial charge is 0.497 e. The van der Waals surface area contributed by atoms with Gasteiger partial charge in [-0.05, 0) is 68.3 Å². The van der Waals surface area contributed by atoms with Crippen LogP contribution in [0.5, 0.6) is 5.75 Å². The number of primary amides is 1. The summed E-state index contributed by atoms with van der Waals surface area (Å²) in [6.07, 6.45) is 5.10. The van der Waals surface area contributed by atoms with Crippen LogP contribution in [0.4, 0.5) is 5.69 Å². The standard InChI is InChI=1S/C29H35N5O4/c1-32(17-18-35)19-29(14-3-4-15-29)20-5-7-21(8-6-20)33-16-13-24-25(27(30)36)31-34(26(24)28(33)37)22-9-11-23(38-2)12-10-22/h5-12,35H,3-4,13-19H2,1-2H3,(H2,30,36). The van der Waals surface area contributed by atoms with Crippen LogP contribution in [0, 0.1) is 0 Å². The van der Waals surface area contributed by atoms with Crippen molar-refractivity contribution in [3.63, 3.8) is 0 Å². The molecule has 0 saturated heterocycles. The van der Waals surface area contributed by atoms with Crippen LogP contribution >= 0.6 is 0 Å². The third-order valence-electron chi connectivity index (χ3n) is 7.97. The summed E-state index contributed by atoms with van der Waals surface area (Å²) in [6.45, 7) is 2.13. The van der Waals surface area contributed by atoms with E-state index >= 15 is 0 Å². The van der Waals surface area contributed by atoms with E-state index in [0.29, 0.717) is 42.2 Å². The third-order valence-corrected chi connectivity index (χ3v) is 7.97. The average molecular weight is 518 g/mol. The Kier molecular flexibility index (Phi) is 7.23. The number of rotatable bonds is 9. The number of methoxy groups -OCH3 is 1. The monoisotopic (exact) mass is 517 g/mol. The van der Waals surface area contributed by atoms with Gasteiger partial charge in [-0.25, -0.2) is 4.68 Å². The van der Waals surface area contributed by atoms with Gasteiger partial charge in [-0.1, -0.05) is 25.0 Å². The summed E-state index contributed by atoms with van der Waals surface area (Å²) in [7, 11) is 3.64. The highest BCUT2D eigenvalue weighted by Crippen LogP contribution is 2.42. The molecule has 9 nitrogen and oxygen atoms in total. The van der Waals surface area contributed by atoms with Gasteiger partial charge in [0.2, 0.25) is 0 Å². The molecule has 0 spiro atoms. The van der Waals surface area contributed by atoms with Gasteiger partial charge in [0, 0.05) is 36.3 Å². The maximum absolute atomic E-state index is 13.8. The first kappa shape index (κ1) is 25.9. The van der Waals surface area contributed by atoms with Crippen molar-refractivity contribution < 1.29 is 19.4 Å². The molecule has 0 atom stereocenters. The van der Waals surface area contributed by atoms with E-state index in [1.54, 1.807) is 36.3 Å². The zero-order valence-electron chi connectivity index (χ0n) is 22.0. The van der Waals surface area contributed by atoms with Gasteiger partial charge in [0.25, 0.3) is 11.8 Å². The number of aromatic nitrogens is 2. The molecule has 38 heavy (non-hydrogen) atoms. The summed E-state index contributed by atoms with van der Waals surface area (Å²) in [4.78, 5) is 30.0. The Morgan fingerprint density at radius 1 is 1.11 bits per heavy atom. The first-order chi connectivity index (χ1) is 18.4. The minimum Gasteiger partial charge on any atom is -0.497 e. The molecule has 2 aliphatic rings. The van der Waals surface area contributed by atoms with E-state index in [0.717, 1.165) is 25.1 Å². The van der Waals surface area contributed by atoms with E-state index in [9.17, 15) is 14.7 Å². The molecule has 9 heteroatoms. The van der Waals surface area contributed by atoms with Crippen molar-refractivity contribution in [2.24, 2.45) is 5.73 Å². The first-order valence-corrected chi connectivity index (χ1v) is 13.1. The minimum absolute atomic E-state index is 0.0604. The smallest absolute Gasteiger partial charge is 0.277 e. The Morgan fingerprint density at radius 2 is 1.76 bits per heavy atom. The van der Waals surface area contributed by atoms with Crippen LogP contribution in [0.15, 0.2) is 48.5 Å². The Balaban J connectivity index is 1.46. The quantitative estimate of drug-likeness (QED) is 0.451. The fourth-order valence-electron chi connectivity index (χ4n) is 6.07. The van der Waals surface area contributed by atoms with Crippen molar-refractivity contribution >= 4 is 17.5 Å². The highest BCUT2D eigenvalue weighted by Gasteiger charge is 2.38. The summed E-state index contributed by atoms with van der Waals surface area (Å²) >= 11 is 0. The van der Waals surface area contributed by atoms with Crippen molar-refractivity contribution in [1.29, 1.82) is 0 Å². The molecular formula is C29H35N5O4. The molecule has 0 bridgehead atoms. The molecule has 200 valence electrons. The molecule has 1 aliphatic carbocycles. The SMILES string of the molecule is COc1ccc(-n2nc(C(N)=O)c3c2C(=O)N(c2ccc(C4(CN(C)CCO)CCCC4)cc2)CC3)cc1. The molecule has 1 aliphatic heterocycles. The summed E-state index contributed by atoms with van der Waals surface area (Å²) in [5.41, 5.74) is 9.50. The van der Waals surface area contributed by atoms with Crippen molar-refractivity contribution in [2.75, 3.05) is 45.3 Å². The molecule has 1 saturated carbocycles. The van der Waals surface area contributed by atoms with Crippen LogP contribution in [0.3, 0.4) is 0 Å². The van der Waals surface area contributed by atoms with E-state index in [-0.39, 0.29) is 23.6 Å². The fourth-order valence-corrected chi connectivity index (χ4v) is 6.07. The number of hydrogen-bond acceptors (Lipinski definition) is 6. The number of benzene rings is 2. The maximum Gasteiger partial charge on any atom is 0.277 e. The van der Waals surface area contributed by atoms with Gasteiger partial charge >= 0.3 is 0 Å². The van der Waals surface area contributed by atoms with Crippen molar-refractivity contribution in [3.8, 4) is 11.4 Å². The van der Waals surface area contributed by atoms with Crippen LogP contribution in [0.2, 0.25) is 0 Å². The molecule has 2 aromatic carbocycles. The van der Waals surface area contributed by atoms with E-state index in [2.05, 4.69) is 29.2 Å². The van der Waals surface area contributed by atoms with E-state index in [4.69, 9.17) is 10.5 Å². The van der Waals surface area contributed by atoms with Gasteiger partial charge in [0.05, 0.1) is 19.4 Å².